The number of carbonyl (C=O) groups is 1. The van der Waals surface area contributed by atoms with Crippen LogP contribution in [0.4, 0.5) is 0 Å². The first-order chi connectivity index (χ1) is 14.6. The van der Waals surface area contributed by atoms with Crippen molar-refractivity contribution in [3.63, 3.8) is 0 Å². The van der Waals surface area contributed by atoms with Crippen LogP contribution in [-0.4, -0.2) is 44.4 Å². The number of benzene rings is 1. The molecule has 0 fully saturated rings. The highest BCUT2D eigenvalue weighted by Gasteiger charge is 2.12. The van der Waals surface area contributed by atoms with Gasteiger partial charge in [0.05, 0.1) is 29.7 Å². The summed E-state index contributed by atoms with van der Waals surface area (Å²) in [7, 11) is 0. The van der Waals surface area contributed by atoms with E-state index in [0.29, 0.717) is 30.7 Å². The van der Waals surface area contributed by atoms with Crippen molar-refractivity contribution in [2.45, 2.75) is 20.3 Å². The maximum Gasteiger partial charge on any atom is 0.251 e. The van der Waals surface area contributed by atoms with Crippen molar-refractivity contribution in [1.82, 2.24) is 30.7 Å². The molecule has 8 heteroatoms. The molecule has 30 heavy (non-hydrogen) atoms. The van der Waals surface area contributed by atoms with Crippen LogP contribution in [0.2, 0.25) is 0 Å². The number of aryl methyl sites for hydroxylation is 1. The summed E-state index contributed by atoms with van der Waals surface area (Å²) in [5.41, 5.74) is 4.76. The Hall–Kier alpha value is -3.81. The predicted octanol–water partition coefficient (Wildman–Crippen LogP) is 3.09. The number of pyridine rings is 2. The van der Waals surface area contributed by atoms with Gasteiger partial charge in [0.1, 0.15) is 5.75 Å². The number of ether oxygens (including phenoxy) is 1. The van der Waals surface area contributed by atoms with Crippen LogP contribution in [0.5, 0.6) is 5.75 Å². The van der Waals surface area contributed by atoms with Crippen molar-refractivity contribution in [1.29, 1.82) is 0 Å². The lowest BCUT2D eigenvalue weighted by Crippen LogP contribution is -2.25. The largest absolute Gasteiger partial charge is 0.493 e. The number of hydrogen-bond donors (Lipinski definition) is 2. The quantitative estimate of drug-likeness (QED) is 0.492. The summed E-state index contributed by atoms with van der Waals surface area (Å²) in [5.74, 6) is 0.583. The Bertz CT molecular complexity index is 1170. The standard InChI is InChI=1S/C22H22N6O2/c1-3-30-21-12-19(15-6-8-23-14(2)10-15)26-20-11-16(4-5-18(20)21)22(29)24-9-7-17-13-25-28-27-17/h4-6,8,10-13H,3,7,9H2,1-2H3,(H,24,29)(H,25,27,28). The second-order valence-corrected chi connectivity index (χ2v) is 6.84. The number of aromatic nitrogens is 5. The zero-order valence-electron chi connectivity index (χ0n) is 16.8. The highest BCUT2D eigenvalue weighted by Crippen LogP contribution is 2.31. The van der Waals surface area contributed by atoms with Gasteiger partial charge in [0, 0.05) is 47.4 Å². The molecule has 2 N–H and O–H groups in total. The van der Waals surface area contributed by atoms with E-state index in [1.165, 1.54) is 0 Å². The van der Waals surface area contributed by atoms with E-state index < -0.39 is 0 Å². The van der Waals surface area contributed by atoms with E-state index in [4.69, 9.17) is 9.72 Å². The molecule has 152 valence electrons. The van der Waals surface area contributed by atoms with E-state index in [2.05, 4.69) is 25.7 Å². The monoisotopic (exact) mass is 402 g/mol. The average Bonchev–Trinajstić information content (AvgIpc) is 3.27. The minimum absolute atomic E-state index is 0.158. The van der Waals surface area contributed by atoms with Gasteiger partial charge in [0.25, 0.3) is 5.91 Å². The third-order valence-corrected chi connectivity index (χ3v) is 4.67. The minimum atomic E-state index is -0.158. The molecule has 0 aliphatic heterocycles. The minimum Gasteiger partial charge on any atom is -0.493 e. The van der Waals surface area contributed by atoms with Gasteiger partial charge in [-0.15, -0.1) is 5.10 Å². The maximum absolute atomic E-state index is 12.6. The molecule has 0 spiro atoms. The lowest BCUT2D eigenvalue weighted by Gasteiger charge is -2.12. The number of fused-ring (bicyclic) bond motifs is 1. The molecule has 8 nitrogen and oxygen atoms in total. The third kappa shape index (κ3) is 4.27. The van der Waals surface area contributed by atoms with Crippen molar-refractivity contribution in [2.24, 2.45) is 0 Å². The number of amides is 1. The second-order valence-electron chi connectivity index (χ2n) is 6.84. The first-order valence-electron chi connectivity index (χ1n) is 9.78. The Balaban J connectivity index is 1.63. The molecule has 3 aromatic heterocycles. The topological polar surface area (TPSA) is 106 Å². The zero-order valence-corrected chi connectivity index (χ0v) is 16.8. The molecule has 4 aromatic rings. The third-order valence-electron chi connectivity index (χ3n) is 4.67. The molecule has 0 aliphatic carbocycles. The number of hydrogen-bond acceptors (Lipinski definition) is 6. The lowest BCUT2D eigenvalue weighted by molar-refractivity contribution is 0.0954. The summed E-state index contributed by atoms with van der Waals surface area (Å²) >= 11 is 0. The molecule has 0 unspecified atom stereocenters. The molecule has 0 atom stereocenters. The van der Waals surface area contributed by atoms with Gasteiger partial charge in [-0.05, 0) is 44.2 Å². The Kier molecular flexibility index (Phi) is 5.65. The van der Waals surface area contributed by atoms with Crippen LogP contribution in [0.3, 0.4) is 0 Å². The molecule has 0 saturated carbocycles. The van der Waals surface area contributed by atoms with Gasteiger partial charge in [-0.1, -0.05) is 5.21 Å². The van der Waals surface area contributed by atoms with Crippen molar-refractivity contribution in [3.05, 3.63) is 65.7 Å². The summed E-state index contributed by atoms with van der Waals surface area (Å²) in [5, 5.41) is 14.0. The van der Waals surface area contributed by atoms with Gasteiger partial charge >= 0.3 is 0 Å². The normalized spacial score (nSPS) is 10.9. The molecule has 1 aromatic carbocycles. The van der Waals surface area contributed by atoms with Crippen LogP contribution in [0.1, 0.15) is 28.7 Å². The summed E-state index contributed by atoms with van der Waals surface area (Å²) in [6, 6.07) is 11.3. The maximum atomic E-state index is 12.6. The SMILES string of the molecule is CCOc1cc(-c2ccnc(C)c2)nc2cc(C(=O)NCCc3cnn[nH]3)ccc12. The first kappa shape index (κ1) is 19.5. The van der Waals surface area contributed by atoms with Gasteiger partial charge in [0.2, 0.25) is 0 Å². The Morgan fingerprint density at radius 1 is 1.20 bits per heavy atom. The van der Waals surface area contributed by atoms with E-state index in [1.54, 1.807) is 24.5 Å². The van der Waals surface area contributed by atoms with Gasteiger partial charge in [0.15, 0.2) is 0 Å². The first-order valence-corrected chi connectivity index (χ1v) is 9.78. The van der Waals surface area contributed by atoms with Crippen molar-refractivity contribution in [2.75, 3.05) is 13.2 Å². The van der Waals surface area contributed by atoms with E-state index in [-0.39, 0.29) is 5.91 Å². The summed E-state index contributed by atoms with van der Waals surface area (Å²) in [6.07, 6.45) is 4.03. The fraction of sp³-hybridized carbons (Fsp3) is 0.227. The summed E-state index contributed by atoms with van der Waals surface area (Å²) in [4.78, 5) is 21.6. The number of carbonyl (C=O) groups excluding carboxylic acids is 1. The lowest BCUT2D eigenvalue weighted by atomic mass is 10.1. The molecule has 4 rings (SSSR count). The van der Waals surface area contributed by atoms with E-state index in [9.17, 15) is 4.79 Å². The Morgan fingerprint density at radius 3 is 2.87 bits per heavy atom. The van der Waals surface area contributed by atoms with Crippen LogP contribution in [-0.2, 0) is 6.42 Å². The predicted molar refractivity (Wildman–Crippen MR) is 113 cm³/mol. The number of H-pyrrole nitrogens is 1. The molecule has 0 aliphatic rings. The van der Waals surface area contributed by atoms with Crippen LogP contribution in [0, 0.1) is 6.92 Å². The molecule has 0 bridgehead atoms. The van der Waals surface area contributed by atoms with Gasteiger partial charge in [-0.25, -0.2) is 4.98 Å². The molecular formula is C22H22N6O2. The molecule has 0 radical (unpaired) electrons. The molecular weight excluding hydrogens is 380 g/mol. The fourth-order valence-electron chi connectivity index (χ4n) is 3.22. The highest BCUT2D eigenvalue weighted by molar-refractivity contribution is 5.99. The Labute approximate surface area is 173 Å². The van der Waals surface area contributed by atoms with Crippen molar-refractivity contribution < 1.29 is 9.53 Å². The Morgan fingerprint density at radius 2 is 2.10 bits per heavy atom. The number of rotatable bonds is 7. The fourth-order valence-corrected chi connectivity index (χ4v) is 3.22. The smallest absolute Gasteiger partial charge is 0.251 e. The molecule has 0 saturated heterocycles. The van der Waals surface area contributed by atoms with Crippen LogP contribution < -0.4 is 10.1 Å². The highest BCUT2D eigenvalue weighted by atomic mass is 16.5. The number of nitrogens with one attached hydrogen (secondary N) is 2. The summed E-state index contributed by atoms with van der Waals surface area (Å²) < 4.78 is 5.85. The summed E-state index contributed by atoms with van der Waals surface area (Å²) in [6.45, 7) is 4.91. The molecule has 3 heterocycles. The van der Waals surface area contributed by atoms with Crippen molar-refractivity contribution >= 4 is 16.8 Å². The van der Waals surface area contributed by atoms with Gasteiger partial charge in [-0.2, -0.15) is 0 Å². The zero-order chi connectivity index (χ0) is 20.9. The van der Waals surface area contributed by atoms with Crippen LogP contribution >= 0.6 is 0 Å². The molecule has 1 amide bonds. The van der Waals surface area contributed by atoms with Crippen molar-refractivity contribution in [3.8, 4) is 17.0 Å². The van der Waals surface area contributed by atoms with E-state index in [0.717, 1.165) is 33.8 Å². The average molecular weight is 402 g/mol. The number of nitrogens with zero attached hydrogens (tertiary/aromatic N) is 4. The van der Waals surface area contributed by atoms with Crippen LogP contribution in [0.15, 0.2) is 48.8 Å². The van der Waals surface area contributed by atoms with E-state index in [1.807, 2.05) is 38.1 Å². The van der Waals surface area contributed by atoms with Crippen LogP contribution in [0.25, 0.3) is 22.2 Å². The van der Waals surface area contributed by atoms with E-state index >= 15 is 0 Å². The van der Waals surface area contributed by atoms with Gasteiger partial charge in [-0.3, -0.25) is 14.9 Å². The van der Waals surface area contributed by atoms with Gasteiger partial charge < -0.3 is 10.1 Å². The number of aromatic amines is 1. The second kappa shape index (κ2) is 8.69.